The van der Waals surface area contributed by atoms with Crippen molar-refractivity contribution in [2.24, 2.45) is 0 Å². The Morgan fingerprint density at radius 2 is 2.14 bits per heavy atom. The van der Waals surface area contributed by atoms with Gasteiger partial charge in [0.1, 0.15) is 10.4 Å². The van der Waals surface area contributed by atoms with Gasteiger partial charge in [-0.15, -0.1) is 17.9 Å². The molecule has 0 fully saturated rings. The summed E-state index contributed by atoms with van der Waals surface area (Å²) in [6, 6.07) is 7.03. The Kier molecular flexibility index (Phi) is 4.88. The molecule has 0 amide bonds. The van der Waals surface area contributed by atoms with E-state index in [1.165, 1.54) is 23.1 Å². The van der Waals surface area contributed by atoms with Crippen molar-refractivity contribution in [1.82, 2.24) is 9.97 Å². The molecule has 0 spiro atoms. The highest BCUT2D eigenvalue weighted by Crippen LogP contribution is 2.36. The van der Waals surface area contributed by atoms with Crippen LogP contribution in [0.1, 0.15) is 0 Å². The minimum absolute atomic E-state index is 0.441. The fourth-order valence-corrected chi connectivity index (χ4v) is 3.53. The quantitative estimate of drug-likeness (QED) is 0.311. The molecule has 22 heavy (non-hydrogen) atoms. The largest absolute Gasteiger partial charge is 0.436 e. The van der Waals surface area contributed by atoms with Crippen LogP contribution in [0, 0.1) is 0 Å². The van der Waals surface area contributed by atoms with Gasteiger partial charge >= 0.3 is 0 Å². The van der Waals surface area contributed by atoms with Gasteiger partial charge in [0.05, 0.1) is 10.5 Å². The summed E-state index contributed by atoms with van der Waals surface area (Å²) in [6.45, 7) is 3.70. The zero-order chi connectivity index (χ0) is 15.5. The van der Waals surface area contributed by atoms with Crippen molar-refractivity contribution < 1.29 is 4.74 Å². The summed E-state index contributed by atoms with van der Waals surface area (Å²) >= 11 is 15.1. The molecule has 2 heterocycles. The third kappa shape index (κ3) is 3.38. The van der Waals surface area contributed by atoms with Crippen LogP contribution in [-0.4, -0.2) is 15.7 Å². The molecule has 0 aliphatic carbocycles. The molecule has 0 saturated heterocycles. The second-order valence-corrected chi connectivity index (χ2v) is 6.97. The second-order valence-electron chi connectivity index (χ2n) is 4.22. The Morgan fingerprint density at radius 1 is 1.27 bits per heavy atom. The van der Waals surface area contributed by atoms with E-state index < -0.39 is 0 Å². The average Bonchev–Trinajstić information content (AvgIpc) is 2.96. The number of hydrogen-bond donors (Lipinski definition) is 0. The Balaban J connectivity index is 2.00. The first-order valence-corrected chi connectivity index (χ1v) is 8.91. The van der Waals surface area contributed by atoms with Crippen molar-refractivity contribution in [1.29, 1.82) is 0 Å². The lowest BCUT2D eigenvalue weighted by Gasteiger charge is -2.09. The van der Waals surface area contributed by atoms with Crippen LogP contribution in [0.5, 0.6) is 11.6 Å². The second kappa shape index (κ2) is 6.87. The highest BCUT2D eigenvalue weighted by atomic mass is 35.5. The minimum atomic E-state index is 0.441. The molecule has 3 rings (SSSR count). The number of nitrogens with zero attached hydrogens (tertiary/aromatic N) is 2. The Bertz CT molecular complexity index is 836. The number of thiophene rings is 1. The molecular formula is C15H10Cl2N2OS2. The van der Waals surface area contributed by atoms with Gasteiger partial charge in [-0.3, -0.25) is 0 Å². The van der Waals surface area contributed by atoms with Gasteiger partial charge in [-0.25, -0.2) is 4.98 Å². The van der Waals surface area contributed by atoms with Crippen molar-refractivity contribution in [3.8, 4) is 11.6 Å². The Labute approximate surface area is 145 Å². The van der Waals surface area contributed by atoms with Crippen molar-refractivity contribution >= 4 is 56.5 Å². The van der Waals surface area contributed by atoms with Crippen LogP contribution < -0.4 is 4.74 Å². The van der Waals surface area contributed by atoms with Gasteiger partial charge in [0, 0.05) is 10.8 Å². The predicted molar refractivity (Wildman–Crippen MR) is 94.9 cm³/mol. The number of rotatable bonds is 5. The number of ether oxygens (including phenoxy) is 1. The van der Waals surface area contributed by atoms with Crippen LogP contribution in [0.15, 0.2) is 47.5 Å². The van der Waals surface area contributed by atoms with E-state index in [-0.39, 0.29) is 0 Å². The molecule has 0 radical (unpaired) electrons. The molecule has 3 aromatic rings. The summed E-state index contributed by atoms with van der Waals surface area (Å²) < 4.78 is 6.77. The number of thioether (sulfide) groups is 1. The van der Waals surface area contributed by atoms with Crippen LogP contribution in [-0.2, 0) is 0 Å². The van der Waals surface area contributed by atoms with Crippen molar-refractivity contribution in [3.63, 3.8) is 0 Å². The van der Waals surface area contributed by atoms with E-state index in [0.717, 1.165) is 16.0 Å². The molecule has 1 aromatic carbocycles. The highest BCUT2D eigenvalue weighted by molar-refractivity contribution is 7.99. The normalized spacial score (nSPS) is 10.8. The van der Waals surface area contributed by atoms with E-state index in [4.69, 9.17) is 27.9 Å². The molecule has 0 atom stereocenters. The lowest BCUT2D eigenvalue weighted by Crippen LogP contribution is -1.94. The molecule has 0 unspecified atom stereocenters. The van der Waals surface area contributed by atoms with Gasteiger partial charge in [0.25, 0.3) is 0 Å². The molecule has 0 saturated carbocycles. The first-order valence-electron chi connectivity index (χ1n) is 6.29. The van der Waals surface area contributed by atoms with Crippen LogP contribution in [0.2, 0.25) is 10.0 Å². The van der Waals surface area contributed by atoms with Crippen LogP contribution in [0.4, 0.5) is 0 Å². The number of halogens is 2. The summed E-state index contributed by atoms with van der Waals surface area (Å²) in [5.74, 6) is 1.74. The van der Waals surface area contributed by atoms with Gasteiger partial charge < -0.3 is 4.74 Å². The average molecular weight is 369 g/mol. The summed E-state index contributed by atoms with van der Waals surface area (Å²) in [4.78, 5) is 8.96. The molecule has 7 heteroatoms. The number of benzene rings is 1. The molecule has 3 nitrogen and oxygen atoms in total. The van der Waals surface area contributed by atoms with Crippen LogP contribution in [0.25, 0.3) is 10.2 Å². The minimum Gasteiger partial charge on any atom is -0.436 e. The molecule has 2 aromatic heterocycles. The molecule has 0 aliphatic rings. The molecule has 0 bridgehead atoms. The summed E-state index contributed by atoms with van der Waals surface area (Å²) in [6.07, 6.45) is 1.81. The smallest absolute Gasteiger partial charge is 0.241 e. The van der Waals surface area contributed by atoms with Gasteiger partial charge in [-0.1, -0.05) is 41.0 Å². The van der Waals surface area contributed by atoms with Crippen molar-refractivity contribution in [2.45, 2.75) is 5.16 Å². The van der Waals surface area contributed by atoms with E-state index in [0.29, 0.717) is 26.8 Å². The van der Waals surface area contributed by atoms with Crippen molar-refractivity contribution in [2.75, 3.05) is 5.75 Å². The SMILES string of the molecule is C=CCSc1nc(Oc2ccc(Cl)cc2Cl)c2sccc2n1. The summed E-state index contributed by atoms with van der Waals surface area (Å²) in [5, 5.41) is 3.60. The fourth-order valence-electron chi connectivity index (χ4n) is 1.75. The van der Waals surface area contributed by atoms with E-state index in [2.05, 4.69) is 16.5 Å². The molecule has 112 valence electrons. The zero-order valence-electron chi connectivity index (χ0n) is 11.3. The maximum atomic E-state index is 6.16. The standard InChI is InChI=1S/C15H10Cl2N2OS2/c1-2-6-22-15-18-11-5-7-21-13(11)14(19-15)20-12-4-3-9(16)8-10(12)17/h2-5,7-8H,1,6H2. The van der Waals surface area contributed by atoms with Gasteiger partial charge in [-0.05, 0) is 29.6 Å². The lowest BCUT2D eigenvalue weighted by molar-refractivity contribution is 0.464. The maximum absolute atomic E-state index is 6.16. The predicted octanol–water partition coefficient (Wildman–Crippen LogP) is 6.07. The van der Waals surface area contributed by atoms with Gasteiger partial charge in [-0.2, -0.15) is 4.98 Å². The van der Waals surface area contributed by atoms with Crippen molar-refractivity contribution in [3.05, 3.63) is 52.3 Å². The van der Waals surface area contributed by atoms with Crippen LogP contribution >= 0.6 is 46.3 Å². The van der Waals surface area contributed by atoms with Gasteiger partial charge in [0.15, 0.2) is 5.16 Å². The van der Waals surface area contributed by atoms with E-state index >= 15 is 0 Å². The first kappa shape index (κ1) is 15.6. The molecule has 0 aliphatic heterocycles. The summed E-state index contributed by atoms with van der Waals surface area (Å²) in [5.41, 5.74) is 0.853. The van der Waals surface area contributed by atoms with E-state index in [9.17, 15) is 0 Å². The number of hydrogen-bond acceptors (Lipinski definition) is 5. The highest BCUT2D eigenvalue weighted by Gasteiger charge is 2.13. The molecule has 0 N–H and O–H groups in total. The Morgan fingerprint density at radius 3 is 2.91 bits per heavy atom. The fraction of sp³-hybridized carbons (Fsp3) is 0.0667. The zero-order valence-corrected chi connectivity index (χ0v) is 14.4. The monoisotopic (exact) mass is 368 g/mol. The lowest BCUT2D eigenvalue weighted by atomic mass is 10.3. The first-order chi connectivity index (χ1) is 10.7. The molecular weight excluding hydrogens is 359 g/mol. The Hall–Kier alpha value is -1.27. The number of fused-ring (bicyclic) bond motifs is 1. The summed E-state index contributed by atoms with van der Waals surface area (Å²) in [7, 11) is 0. The topological polar surface area (TPSA) is 35.0 Å². The van der Waals surface area contributed by atoms with E-state index in [1.54, 1.807) is 18.2 Å². The third-order valence-corrected chi connectivity index (χ3v) is 4.95. The third-order valence-electron chi connectivity index (χ3n) is 2.68. The van der Waals surface area contributed by atoms with E-state index in [1.807, 2.05) is 17.5 Å². The van der Waals surface area contributed by atoms with Crippen LogP contribution in [0.3, 0.4) is 0 Å². The van der Waals surface area contributed by atoms with Gasteiger partial charge in [0.2, 0.25) is 5.88 Å². The number of aromatic nitrogens is 2. The maximum Gasteiger partial charge on any atom is 0.241 e.